The molecule has 0 radical (unpaired) electrons. The van der Waals surface area contributed by atoms with Gasteiger partial charge in [0.05, 0.1) is 7.11 Å². The monoisotopic (exact) mass is 463 g/mol. The van der Waals surface area contributed by atoms with Gasteiger partial charge in [0.1, 0.15) is 11.5 Å². The molecule has 1 aliphatic rings. The van der Waals surface area contributed by atoms with E-state index in [4.69, 9.17) is 14.2 Å². The van der Waals surface area contributed by atoms with Crippen LogP contribution in [0.3, 0.4) is 0 Å². The summed E-state index contributed by atoms with van der Waals surface area (Å²) in [5, 5.41) is 16.2. The van der Waals surface area contributed by atoms with Crippen molar-refractivity contribution in [1.29, 1.82) is 0 Å². The first-order chi connectivity index (χ1) is 16.5. The minimum atomic E-state index is -0.438. The Bertz CT molecular complexity index is 1150. The quantitative estimate of drug-likeness (QED) is 0.417. The lowest BCUT2D eigenvalue weighted by molar-refractivity contribution is -0.121. The van der Waals surface area contributed by atoms with Gasteiger partial charge < -0.3 is 30.0 Å². The molecule has 0 saturated heterocycles. The number of rotatable bonds is 9. The average molecular weight is 463 g/mol. The Balaban J connectivity index is 1.43. The zero-order valence-electron chi connectivity index (χ0n) is 18.6. The number of methoxy groups -OCH3 is 1. The molecule has 1 atom stereocenters. The van der Waals surface area contributed by atoms with Gasteiger partial charge in [-0.15, -0.1) is 0 Å². The van der Waals surface area contributed by atoms with Gasteiger partial charge in [-0.2, -0.15) is 0 Å². The molecular formula is C25H25N3O6. The molecule has 3 aromatic rings. The molecule has 0 fully saturated rings. The number of nitrogens with one attached hydrogen (secondary N) is 2. The molecule has 176 valence electrons. The number of hydrogen-bond acceptors (Lipinski definition) is 7. The second kappa shape index (κ2) is 10.6. The van der Waals surface area contributed by atoms with Crippen molar-refractivity contribution in [2.75, 3.05) is 27.0 Å². The zero-order valence-corrected chi connectivity index (χ0v) is 18.6. The lowest BCUT2D eigenvalue weighted by Crippen LogP contribution is -2.35. The first-order valence-electron chi connectivity index (χ1n) is 10.8. The van der Waals surface area contributed by atoms with Gasteiger partial charge in [0.25, 0.3) is 5.91 Å². The van der Waals surface area contributed by atoms with E-state index in [1.807, 2.05) is 12.1 Å². The fraction of sp³-hybridized carbons (Fsp3) is 0.240. The van der Waals surface area contributed by atoms with Gasteiger partial charge in [0, 0.05) is 55.0 Å². The molecule has 2 amide bonds. The summed E-state index contributed by atoms with van der Waals surface area (Å²) in [4.78, 5) is 28.8. The number of nitrogens with zero attached hydrogens (tertiary/aromatic N) is 1. The van der Waals surface area contributed by atoms with Crippen molar-refractivity contribution in [2.24, 2.45) is 0 Å². The average Bonchev–Trinajstić information content (AvgIpc) is 3.32. The largest absolute Gasteiger partial charge is 0.508 e. The predicted molar refractivity (Wildman–Crippen MR) is 123 cm³/mol. The van der Waals surface area contributed by atoms with Crippen LogP contribution in [0.5, 0.6) is 23.0 Å². The number of aromatic hydroxyl groups is 1. The highest BCUT2D eigenvalue weighted by molar-refractivity contribution is 5.94. The van der Waals surface area contributed by atoms with Crippen molar-refractivity contribution < 1.29 is 28.9 Å². The van der Waals surface area contributed by atoms with Gasteiger partial charge in [-0.3, -0.25) is 14.6 Å². The van der Waals surface area contributed by atoms with Crippen molar-refractivity contribution in [1.82, 2.24) is 15.6 Å². The Hall–Kier alpha value is -4.27. The molecule has 3 N–H and O–H groups in total. The van der Waals surface area contributed by atoms with Crippen LogP contribution in [0.25, 0.3) is 0 Å². The molecule has 34 heavy (non-hydrogen) atoms. The number of aromatic nitrogens is 1. The molecule has 0 aliphatic carbocycles. The van der Waals surface area contributed by atoms with E-state index in [1.54, 1.807) is 49.8 Å². The molecule has 2 aromatic carbocycles. The fourth-order valence-electron chi connectivity index (χ4n) is 3.71. The Kier molecular flexibility index (Phi) is 7.12. The molecule has 0 saturated carbocycles. The summed E-state index contributed by atoms with van der Waals surface area (Å²) in [5.41, 5.74) is 1.88. The van der Waals surface area contributed by atoms with E-state index < -0.39 is 5.92 Å². The summed E-state index contributed by atoms with van der Waals surface area (Å²) in [7, 11) is 1.58. The van der Waals surface area contributed by atoms with Crippen molar-refractivity contribution in [3.63, 3.8) is 0 Å². The highest BCUT2D eigenvalue weighted by atomic mass is 16.7. The van der Waals surface area contributed by atoms with Crippen LogP contribution < -0.4 is 24.8 Å². The molecular weight excluding hydrogens is 438 g/mol. The standard InChI is InChI=1S/C25H25N3O6/c1-32-18-4-2-16(3-5-18)19(20-12-22-23(14-21(20)29)34-15-33-22)13-24(30)27-10-11-28-25(31)17-6-8-26-9-7-17/h2-9,12,14,19,29H,10-11,13,15H2,1H3,(H,27,30)(H,28,31). The topological polar surface area (TPSA) is 119 Å². The number of ether oxygens (including phenoxy) is 3. The normalized spacial score (nSPS) is 12.6. The summed E-state index contributed by atoms with van der Waals surface area (Å²) >= 11 is 0. The van der Waals surface area contributed by atoms with Crippen LogP contribution in [0.1, 0.15) is 33.8 Å². The Morgan fingerprint density at radius 1 is 1.03 bits per heavy atom. The highest BCUT2D eigenvalue weighted by Gasteiger charge is 2.25. The summed E-state index contributed by atoms with van der Waals surface area (Å²) < 4.78 is 16.0. The van der Waals surface area contributed by atoms with Crippen LogP contribution in [0.15, 0.2) is 60.9 Å². The molecule has 0 bridgehead atoms. The third kappa shape index (κ3) is 5.37. The maximum atomic E-state index is 12.8. The van der Waals surface area contributed by atoms with Crippen molar-refractivity contribution >= 4 is 11.8 Å². The molecule has 9 nitrogen and oxygen atoms in total. The number of carbonyl (C=O) groups is 2. The number of hydrogen-bond donors (Lipinski definition) is 3. The number of benzene rings is 2. The van der Waals surface area contributed by atoms with Crippen LogP contribution >= 0.6 is 0 Å². The summed E-state index contributed by atoms with van der Waals surface area (Å²) in [6, 6.07) is 13.8. The van der Waals surface area contributed by atoms with Crippen LogP contribution in [-0.4, -0.2) is 48.9 Å². The molecule has 1 aliphatic heterocycles. The van der Waals surface area contributed by atoms with Crippen molar-refractivity contribution in [3.8, 4) is 23.0 Å². The van der Waals surface area contributed by atoms with Gasteiger partial charge in [-0.1, -0.05) is 12.1 Å². The van der Waals surface area contributed by atoms with E-state index in [0.29, 0.717) is 28.4 Å². The maximum Gasteiger partial charge on any atom is 0.251 e. The van der Waals surface area contributed by atoms with Crippen LogP contribution in [0.2, 0.25) is 0 Å². The molecule has 2 heterocycles. The minimum absolute atomic E-state index is 0.0162. The number of amides is 2. The molecule has 1 aromatic heterocycles. The second-order valence-electron chi connectivity index (χ2n) is 7.64. The first-order valence-corrected chi connectivity index (χ1v) is 10.8. The summed E-state index contributed by atoms with van der Waals surface area (Å²) in [6.07, 6.45) is 3.17. The van der Waals surface area contributed by atoms with Crippen LogP contribution in [-0.2, 0) is 4.79 Å². The third-order valence-electron chi connectivity index (χ3n) is 5.48. The van der Waals surface area contributed by atoms with Crippen LogP contribution in [0.4, 0.5) is 0 Å². The first kappa shape index (κ1) is 22.9. The van der Waals surface area contributed by atoms with Gasteiger partial charge >= 0.3 is 0 Å². The Morgan fingerprint density at radius 2 is 1.71 bits per heavy atom. The molecule has 9 heteroatoms. The van der Waals surface area contributed by atoms with Gasteiger partial charge in [0.15, 0.2) is 11.5 Å². The van der Waals surface area contributed by atoms with E-state index in [-0.39, 0.29) is 43.9 Å². The van der Waals surface area contributed by atoms with E-state index >= 15 is 0 Å². The Morgan fingerprint density at radius 3 is 2.41 bits per heavy atom. The van der Waals surface area contributed by atoms with Crippen LogP contribution in [0, 0.1) is 0 Å². The number of fused-ring (bicyclic) bond motifs is 1. The summed E-state index contributed by atoms with van der Waals surface area (Å²) in [6.45, 7) is 0.616. The number of carbonyl (C=O) groups excluding carboxylic acids is 2. The SMILES string of the molecule is COc1ccc(C(CC(=O)NCCNC(=O)c2ccncc2)c2cc3c(cc2O)OCO3)cc1. The van der Waals surface area contributed by atoms with Gasteiger partial charge in [-0.25, -0.2) is 0 Å². The second-order valence-corrected chi connectivity index (χ2v) is 7.64. The fourth-order valence-corrected chi connectivity index (χ4v) is 3.71. The third-order valence-corrected chi connectivity index (χ3v) is 5.48. The number of pyridine rings is 1. The highest BCUT2D eigenvalue weighted by Crippen LogP contribution is 2.43. The smallest absolute Gasteiger partial charge is 0.251 e. The number of phenols is 1. The van der Waals surface area contributed by atoms with E-state index in [1.165, 1.54) is 6.07 Å². The lowest BCUT2D eigenvalue weighted by Gasteiger charge is -2.20. The maximum absolute atomic E-state index is 12.8. The predicted octanol–water partition coefficient (Wildman–Crippen LogP) is 2.59. The lowest BCUT2D eigenvalue weighted by atomic mass is 9.87. The zero-order chi connectivity index (χ0) is 23.9. The van der Waals surface area contributed by atoms with Crippen molar-refractivity contribution in [2.45, 2.75) is 12.3 Å². The van der Waals surface area contributed by atoms with Gasteiger partial charge in [0.2, 0.25) is 12.7 Å². The molecule has 0 spiro atoms. The van der Waals surface area contributed by atoms with E-state index in [0.717, 1.165) is 5.56 Å². The number of phenolic OH excluding ortho intramolecular Hbond substituents is 1. The molecule has 4 rings (SSSR count). The Labute approximate surface area is 196 Å². The molecule has 1 unspecified atom stereocenters. The summed E-state index contributed by atoms with van der Waals surface area (Å²) in [5.74, 6) is 0.782. The van der Waals surface area contributed by atoms with Gasteiger partial charge in [-0.05, 0) is 35.9 Å². The van der Waals surface area contributed by atoms with Crippen molar-refractivity contribution in [3.05, 3.63) is 77.6 Å². The minimum Gasteiger partial charge on any atom is -0.508 e. The van der Waals surface area contributed by atoms with E-state index in [9.17, 15) is 14.7 Å². The van der Waals surface area contributed by atoms with E-state index in [2.05, 4.69) is 15.6 Å².